The largest absolute Gasteiger partial charge is 0.370 e. The molecule has 2 heteroatoms. The van der Waals surface area contributed by atoms with Crippen molar-refractivity contribution in [2.75, 3.05) is 6.61 Å². The molecule has 1 rings (SSSR count). The summed E-state index contributed by atoms with van der Waals surface area (Å²) in [5.41, 5.74) is 0. The second kappa shape index (κ2) is 2.27. The van der Waals surface area contributed by atoms with Crippen molar-refractivity contribution in [1.82, 2.24) is 0 Å². The number of carbonyl (C=O) groups is 1. The summed E-state index contributed by atoms with van der Waals surface area (Å²) >= 11 is 0. The number of ketones is 1. The predicted octanol–water partition coefficient (Wildman–Crippen LogP) is 0.754. The van der Waals surface area contributed by atoms with Crippen LogP contribution in [0.4, 0.5) is 0 Å². The maximum Gasteiger partial charge on any atom is 0.161 e. The minimum absolute atomic E-state index is 0.0417. The number of hydrogen-bond donors (Lipinski definition) is 0. The zero-order chi connectivity index (χ0) is 5.98. The molecule has 0 N–H and O–H groups in total. The zero-order valence-corrected chi connectivity index (χ0v) is 5.02. The Balaban J connectivity index is 2.24. The lowest BCUT2D eigenvalue weighted by Crippen LogP contribution is -2.34. The molecule has 8 heavy (non-hydrogen) atoms. The van der Waals surface area contributed by atoms with E-state index in [1.54, 1.807) is 0 Å². The molecule has 46 valence electrons. The first-order chi connectivity index (χ1) is 3.84. The van der Waals surface area contributed by atoms with Crippen molar-refractivity contribution >= 4 is 5.78 Å². The third kappa shape index (κ3) is 0.892. The third-order valence-electron chi connectivity index (χ3n) is 1.41. The Morgan fingerprint density at radius 2 is 2.50 bits per heavy atom. The molecule has 0 saturated carbocycles. The quantitative estimate of drug-likeness (QED) is 0.529. The molecule has 1 aliphatic rings. The summed E-state index contributed by atoms with van der Waals surface area (Å²) in [5.74, 6) is 0.247. The summed E-state index contributed by atoms with van der Waals surface area (Å²) in [6.45, 7) is 2.64. The highest BCUT2D eigenvalue weighted by Gasteiger charge is 2.23. The molecule has 1 atom stereocenters. The second-order valence-electron chi connectivity index (χ2n) is 1.97. The Hall–Kier alpha value is -0.370. The third-order valence-corrected chi connectivity index (χ3v) is 1.41. The van der Waals surface area contributed by atoms with E-state index in [1.807, 2.05) is 6.92 Å². The summed E-state index contributed by atoms with van der Waals surface area (Å²) in [7, 11) is 0. The Bertz CT molecular complexity index is 94.7. The van der Waals surface area contributed by atoms with Crippen LogP contribution >= 0.6 is 0 Å². The Labute approximate surface area is 48.8 Å². The van der Waals surface area contributed by atoms with Gasteiger partial charge >= 0.3 is 0 Å². The van der Waals surface area contributed by atoms with E-state index in [2.05, 4.69) is 0 Å². The highest BCUT2D eigenvalue weighted by molar-refractivity contribution is 5.83. The van der Waals surface area contributed by atoms with Crippen molar-refractivity contribution in [3.63, 3.8) is 0 Å². The van der Waals surface area contributed by atoms with E-state index in [-0.39, 0.29) is 11.9 Å². The Kier molecular flexibility index (Phi) is 1.63. The molecular weight excluding hydrogens is 104 g/mol. The topological polar surface area (TPSA) is 26.3 Å². The van der Waals surface area contributed by atoms with Crippen molar-refractivity contribution in [1.29, 1.82) is 0 Å². The molecule has 0 aromatic carbocycles. The van der Waals surface area contributed by atoms with E-state index in [9.17, 15) is 4.79 Å². The van der Waals surface area contributed by atoms with Crippen LogP contribution < -0.4 is 0 Å². The van der Waals surface area contributed by atoms with E-state index in [0.29, 0.717) is 6.42 Å². The molecule has 0 amide bonds. The van der Waals surface area contributed by atoms with Gasteiger partial charge in [-0.15, -0.1) is 0 Å². The van der Waals surface area contributed by atoms with E-state index >= 15 is 0 Å². The van der Waals surface area contributed by atoms with Gasteiger partial charge in [0, 0.05) is 12.8 Å². The van der Waals surface area contributed by atoms with E-state index in [1.165, 1.54) is 0 Å². The summed E-state index contributed by atoms with van der Waals surface area (Å²) in [6, 6.07) is 0. The van der Waals surface area contributed by atoms with Gasteiger partial charge in [-0.1, -0.05) is 6.92 Å². The van der Waals surface area contributed by atoms with Crippen molar-refractivity contribution in [3.8, 4) is 0 Å². The smallest absolute Gasteiger partial charge is 0.161 e. The first-order valence-corrected chi connectivity index (χ1v) is 2.99. The van der Waals surface area contributed by atoms with E-state index in [0.717, 1.165) is 13.0 Å². The van der Waals surface area contributed by atoms with Gasteiger partial charge < -0.3 is 4.74 Å². The number of Topliss-reactive ketones (excluding diaryl/α,β-unsaturated/α-hetero) is 1. The molecular formula is C6H10O2. The van der Waals surface area contributed by atoms with Crippen LogP contribution in [-0.4, -0.2) is 18.5 Å². The number of carbonyl (C=O) groups excluding carboxylic acids is 1. The summed E-state index contributed by atoms with van der Waals surface area (Å²) < 4.78 is 4.93. The average molecular weight is 114 g/mol. The maximum atomic E-state index is 10.7. The number of hydrogen-bond acceptors (Lipinski definition) is 2. The molecule has 2 nitrogen and oxygen atoms in total. The van der Waals surface area contributed by atoms with E-state index in [4.69, 9.17) is 4.74 Å². The van der Waals surface area contributed by atoms with Crippen LogP contribution in [0.5, 0.6) is 0 Å². The van der Waals surface area contributed by atoms with Crippen LogP contribution in [0, 0.1) is 0 Å². The molecule has 0 aromatic heterocycles. The van der Waals surface area contributed by atoms with Gasteiger partial charge in [0.2, 0.25) is 0 Å². The molecule has 1 heterocycles. The normalized spacial score (nSPS) is 26.9. The Morgan fingerprint density at radius 1 is 1.88 bits per heavy atom. The van der Waals surface area contributed by atoms with E-state index < -0.39 is 0 Å². The summed E-state index contributed by atoms with van der Waals surface area (Å²) in [6.07, 6.45) is 1.51. The van der Waals surface area contributed by atoms with Gasteiger partial charge in [0.15, 0.2) is 5.78 Å². The molecule has 0 aromatic rings. The van der Waals surface area contributed by atoms with Crippen molar-refractivity contribution in [3.05, 3.63) is 0 Å². The summed E-state index contributed by atoms with van der Waals surface area (Å²) in [5, 5.41) is 0. The fraction of sp³-hybridized carbons (Fsp3) is 0.833. The zero-order valence-electron chi connectivity index (χ0n) is 5.02. The Morgan fingerprint density at radius 3 is 2.62 bits per heavy atom. The minimum Gasteiger partial charge on any atom is -0.370 e. The lowest BCUT2D eigenvalue weighted by Gasteiger charge is -2.24. The molecule has 0 aliphatic carbocycles. The van der Waals surface area contributed by atoms with Gasteiger partial charge in [-0.2, -0.15) is 0 Å². The van der Waals surface area contributed by atoms with Gasteiger partial charge in [0.25, 0.3) is 0 Å². The number of rotatable bonds is 2. The van der Waals surface area contributed by atoms with Gasteiger partial charge in [0.1, 0.15) is 6.10 Å². The van der Waals surface area contributed by atoms with Crippen LogP contribution in [0.3, 0.4) is 0 Å². The molecule has 1 unspecified atom stereocenters. The van der Waals surface area contributed by atoms with Crippen molar-refractivity contribution in [2.45, 2.75) is 25.9 Å². The van der Waals surface area contributed by atoms with Crippen LogP contribution in [0.25, 0.3) is 0 Å². The van der Waals surface area contributed by atoms with Gasteiger partial charge in [-0.25, -0.2) is 0 Å². The van der Waals surface area contributed by atoms with Crippen LogP contribution in [0.2, 0.25) is 0 Å². The highest BCUT2D eigenvalue weighted by atomic mass is 16.5. The minimum atomic E-state index is -0.0417. The first-order valence-electron chi connectivity index (χ1n) is 2.99. The van der Waals surface area contributed by atoms with Gasteiger partial charge in [-0.3, -0.25) is 4.79 Å². The van der Waals surface area contributed by atoms with Crippen molar-refractivity contribution in [2.24, 2.45) is 0 Å². The second-order valence-corrected chi connectivity index (χ2v) is 1.97. The lowest BCUT2D eigenvalue weighted by molar-refractivity contribution is -0.142. The lowest BCUT2D eigenvalue weighted by atomic mass is 10.1. The van der Waals surface area contributed by atoms with Gasteiger partial charge in [0.05, 0.1) is 6.61 Å². The molecule has 0 bridgehead atoms. The predicted molar refractivity (Wildman–Crippen MR) is 29.7 cm³/mol. The number of ether oxygens (including phenoxy) is 1. The monoisotopic (exact) mass is 114 g/mol. The highest BCUT2D eigenvalue weighted by Crippen LogP contribution is 2.12. The van der Waals surface area contributed by atoms with Crippen LogP contribution in [0.15, 0.2) is 0 Å². The van der Waals surface area contributed by atoms with Crippen LogP contribution in [-0.2, 0) is 9.53 Å². The molecule has 1 fully saturated rings. The fourth-order valence-electron chi connectivity index (χ4n) is 0.717. The van der Waals surface area contributed by atoms with Gasteiger partial charge in [-0.05, 0) is 0 Å². The average Bonchev–Trinajstić information content (AvgIpc) is 1.62. The standard InChI is InChI=1S/C6H10O2/c1-2-5(7)6-3-4-8-6/h6H,2-4H2,1H3. The molecule has 1 saturated heterocycles. The molecule has 1 aliphatic heterocycles. The fourth-order valence-corrected chi connectivity index (χ4v) is 0.717. The SMILES string of the molecule is CCC(=O)C1CCO1. The molecule has 0 radical (unpaired) electrons. The maximum absolute atomic E-state index is 10.7. The van der Waals surface area contributed by atoms with Crippen molar-refractivity contribution < 1.29 is 9.53 Å². The summed E-state index contributed by atoms with van der Waals surface area (Å²) in [4.78, 5) is 10.7. The van der Waals surface area contributed by atoms with Crippen LogP contribution in [0.1, 0.15) is 19.8 Å². The molecule has 0 spiro atoms. The first kappa shape index (κ1) is 5.76.